The molecule has 0 bridgehead atoms. The molecule has 7 heteroatoms. The van der Waals surface area contributed by atoms with Crippen molar-refractivity contribution in [2.24, 2.45) is 0 Å². The zero-order chi connectivity index (χ0) is 24.4. The zero-order valence-corrected chi connectivity index (χ0v) is 20.7. The van der Waals surface area contributed by atoms with Gasteiger partial charge in [0.15, 0.2) is 0 Å². The highest BCUT2D eigenvalue weighted by Gasteiger charge is 2.35. The number of hydrogen-bond acceptors (Lipinski definition) is 4. The van der Waals surface area contributed by atoms with Gasteiger partial charge in [0.1, 0.15) is 12.4 Å². The van der Waals surface area contributed by atoms with Crippen molar-refractivity contribution in [2.45, 2.75) is 13.2 Å². The van der Waals surface area contributed by atoms with E-state index in [9.17, 15) is 9.59 Å². The van der Waals surface area contributed by atoms with Gasteiger partial charge in [0.25, 0.3) is 11.1 Å². The molecule has 2 amide bonds. The molecule has 0 aromatic heterocycles. The van der Waals surface area contributed by atoms with Gasteiger partial charge < -0.3 is 4.74 Å². The lowest BCUT2D eigenvalue weighted by Crippen LogP contribution is -2.27. The summed E-state index contributed by atoms with van der Waals surface area (Å²) in [5.74, 6) is 0.351. The Kier molecular flexibility index (Phi) is 6.82. The summed E-state index contributed by atoms with van der Waals surface area (Å²) in [5, 5.41) is 2.82. The van der Waals surface area contributed by atoms with E-state index >= 15 is 0 Å². The Balaban J connectivity index is 1.27. The van der Waals surface area contributed by atoms with Gasteiger partial charge in [-0.05, 0) is 64.0 Å². The molecule has 5 rings (SSSR count). The zero-order valence-electron chi connectivity index (χ0n) is 18.4. The van der Waals surface area contributed by atoms with Crippen LogP contribution < -0.4 is 4.74 Å². The fourth-order valence-electron chi connectivity index (χ4n) is 3.87. The summed E-state index contributed by atoms with van der Waals surface area (Å²) in [4.78, 5) is 26.9. The maximum atomic E-state index is 12.9. The molecule has 0 spiro atoms. The topological polar surface area (TPSA) is 46.6 Å². The number of carbonyl (C=O) groups is 2. The average Bonchev–Trinajstić information content (AvgIpc) is 3.13. The van der Waals surface area contributed by atoms with Gasteiger partial charge in [0, 0.05) is 15.6 Å². The van der Waals surface area contributed by atoms with Gasteiger partial charge >= 0.3 is 0 Å². The van der Waals surface area contributed by atoms with E-state index in [4.69, 9.17) is 27.9 Å². The maximum absolute atomic E-state index is 12.9. The first-order valence-electron chi connectivity index (χ1n) is 10.9. The number of benzene rings is 4. The van der Waals surface area contributed by atoms with Crippen LogP contribution in [0.2, 0.25) is 10.0 Å². The SMILES string of the molecule is O=C1S/C(=C\c2ccc(OCc3cccc4ccccc34)cc2)C(=O)N1Cc1c(Cl)cccc1Cl. The Morgan fingerprint density at radius 2 is 1.51 bits per heavy atom. The minimum Gasteiger partial charge on any atom is -0.489 e. The van der Waals surface area contributed by atoms with Gasteiger partial charge in [-0.3, -0.25) is 14.5 Å². The number of amides is 2. The highest BCUT2D eigenvalue weighted by atomic mass is 35.5. The Morgan fingerprint density at radius 1 is 0.829 bits per heavy atom. The van der Waals surface area contributed by atoms with Crippen LogP contribution in [-0.2, 0) is 17.9 Å². The third-order valence-corrected chi connectivity index (χ3v) is 7.32. The second kappa shape index (κ2) is 10.2. The monoisotopic (exact) mass is 519 g/mol. The van der Waals surface area contributed by atoms with Crippen LogP contribution in [0.5, 0.6) is 5.75 Å². The molecule has 1 aliphatic heterocycles. The van der Waals surface area contributed by atoms with Crippen LogP contribution in [0, 0.1) is 0 Å². The molecule has 0 atom stereocenters. The van der Waals surface area contributed by atoms with Gasteiger partial charge in [-0.25, -0.2) is 0 Å². The van der Waals surface area contributed by atoms with Gasteiger partial charge in [-0.15, -0.1) is 0 Å². The summed E-state index contributed by atoms with van der Waals surface area (Å²) in [6, 6.07) is 26.9. The number of nitrogens with zero attached hydrogens (tertiary/aromatic N) is 1. The van der Waals surface area contributed by atoms with Crippen LogP contribution in [0.1, 0.15) is 16.7 Å². The molecular formula is C28H19Cl2NO3S. The highest BCUT2D eigenvalue weighted by molar-refractivity contribution is 8.18. The Bertz CT molecular complexity index is 1440. The number of ether oxygens (including phenoxy) is 1. The third kappa shape index (κ3) is 5.08. The second-order valence-electron chi connectivity index (χ2n) is 7.96. The van der Waals surface area contributed by atoms with Gasteiger partial charge in [0.05, 0.1) is 11.4 Å². The van der Waals surface area contributed by atoms with Crippen LogP contribution in [0.4, 0.5) is 4.79 Å². The normalized spacial score (nSPS) is 14.8. The molecule has 1 fully saturated rings. The van der Waals surface area contributed by atoms with E-state index in [1.54, 1.807) is 24.3 Å². The van der Waals surface area contributed by atoms with E-state index in [2.05, 4.69) is 24.3 Å². The molecule has 1 aliphatic rings. The van der Waals surface area contributed by atoms with Gasteiger partial charge in [0.2, 0.25) is 0 Å². The first-order valence-corrected chi connectivity index (χ1v) is 12.4. The molecule has 0 N–H and O–H groups in total. The standard InChI is InChI=1S/C28H19Cl2NO3S/c29-24-9-4-10-25(30)23(24)16-31-27(32)26(35-28(31)33)15-18-11-13-21(14-12-18)34-17-20-7-3-6-19-5-1-2-8-22(19)20/h1-15H,16-17H2/b26-15-. The van der Waals surface area contributed by atoms with Crippen molar-refractivity contribution in [3.8, 4) is 5.75 Å². The lowest BCUT2D eigenvalue weighted by Gasteiger charge is -2.14. The molecule has 4 aromatic carbocycles. The minimum atomic E-state index is -0.368. The molecule has 35 heavy (non-hydrogen) atoms. The van der Waals surface area contributed by atoms with E-state index in [0.717, 1.165) is 33.5 Å². The molecule has 4 aromatic rings. The first-order chi connectivity index (χ1) is 17.0. The molecule has 174 valence electrons. The molecule has 0 aliphatic carbocycles. The van der Waals surface area contributed by atoms with Crippen molar-refractivity contribution in [3.63, 3.8) is 0 Å². The Hall–Kier alpha value is -3.25. The summed E-state index contributed by atoms with van der Waals surface area (Å²) in [6.07, 6.45) is 1.70. The van der Waals surface area contributed by atoms with Crippen molar-refractivity contribution < 1.29 is 14.3 Å². The lowest BCUT2D eigenvalue weighted by molar-refractivity contribution is -0.123. The predicted octanol–water partition coefficient (Wildman–Crippen LogP) is 7.96. The van der Waals surface area contributed by atoms with Crippen molar-refractivity contribution >= 4 is 63.0 Å². The molecule has 0 saturated carbocycles. The van der Waals surface area contributed by atoms with Crippen molar-refractivity contribution in [3.05, 3.63) is 117 Å². The van der Waals surface area contributed by atoms with E-state index in [0.29, 0.717) is 27.1 Å². The van der Waals surface area contributed by atoms with E-state index in [-0.39, 0.29) is 17.7 Å². The number of thioether (sulfide) groups is 1. The summed E-state index contributed by atoms with van der Waals surface area (Å²) >= 11 is 13.3. The van der Waals surface area contributed by atoms with E-state index < -0.39 is 0 Å². The van der Waals surface area contributed by atoms with Gasteiger partial charge in [-0.2, -0.15) is 0 Å². The molecule has 4 nitrogen and oxygen atoms in total. The number of hydrogen-bond donors (Lipinski definition) is 0. The van der Waals surface area contributed by atoms with Crippen molar-refractivity contribution in [2.75, 3.05) is 0 Å². The lowest BCUT2D eigenvalue weighted by atomic mass is 10.1. The largest absolute Gasteiger partial charge is 0.489 e. The minimum absolute atomic E-state index is 0.0292. The quantitative estimate of drug-likeness (QED) is 0.242. The molecular weight excluding hydrogens is 501 g/mol. The van der Waals surface area contributed by atoms with Crippen molar-refractivity contribution in [1.29, 1.82) is 0 Å². The number of carbonyl (C=O) groups excluding carboxylic acids is 2. The van der Waals surface area contributed by atoms with E-state index in [1.165, 1.54) is 10.8 Å². The Morgan fingerprint density at radius 3 is 2.29 bits per heavy atom. The second-order valence-corrected chi connectivity index (χ2v) is 9.77. The van der Waals surface area contributed by atoms with Crippen LogP contribution in [0.25, 0.3) is 16.8 Å². The summed E-state index contributed by atoms with van der Waals surface area (Å²) in [7, 11) is 0. The number of halogens is 2. The van der Waals surface area contributed by atoms with Crippen LogP contribution in [-0.4, -0.2) is 16.0 Å². The van der Waals surface area contributed by atoms with Gasteiger partial charge in [-0.1, -0.05) is 83.9 Å². The number of rotatable bonds is 6. The Labute approximate surface area is 217 Å². The molecule has 0 radical (unpaired) electrons. The predicted molar refractivity (Wildman–Crippen MR) is 143 cm³/mol. The fourth-order valence-corrected chi connectivity index (χ4v) is 5.22. The first kappa shape index (κ1) is 23.5. The molecule has 1 heterocycles. The maximum Gasteiger partial charge on any atom is 0.293 e. The molecule has 1 saturated heterocycles. The highest BCUT2D eigenvalue weighted by Crippen LogP contribution is 2.35. The summed E-state index contributed by atoms with van der Waals surface area (Å²) in [6.45, 7) is 0.478. The van der Waals surface area contributed by atoms with Crippen LogP contribution in [0.15, 0.2) is 89.8 Å². The fraction of sp³-hybridized carbons (Fsp3) is 0.0714. The van der Waals surface area contributed by atoms with Crippen LogP contribution >= 0.6 is 35.0 Å². The number of fused-ring (bicyclic) bond motifs is 1. The summed E-state index contributed by atoms with van der Waals surface area (Å²) < 4.78 is 5.99. The molecule has 0 unspecified atom stereocenters. The van der Waals surface area contributed by atoms with E-state index in [1.807, 2.05) is 42.5 Å². The van der Waals surface area contributed by atoms with Crippen molar-refractivity contribution in [1.82, 2.24) is 4.90 Å². The third-order valence-electron chi connectivity index (χ3n) is 5.70. The summed E-state index contributed by atoms with van der Waals surface area (Å²) in [5.41, 5.74) is 2.45. The average molecular weight is 520 g/mol. The smallest absolute Gasteiger partial charge is 0.293 e. The number of imide groups is 1. The van der Waals surface area contributed by atoms with Crippen LogP contribution in [0.3, 0.4) is 0 Å².